The first-order chi connectivity index (χ1) is 7.54. The first-order valence-corrected chi connectivity index (χ1v) is 5.64. The molecule has 1 aliphatic heterocycles. The predicted octanol–water partition coefficient (Wildman–Crippen LogP) is 2.55. The molecule has 0 unspecified atom stereocenters. The van der Waals surface area contributed by atoms with Crippen LogP contribution in [0.4, 0.5) is 0 Å². The molecule has 0 spiro atoms. The number of benzene rings is 1. The van der Waals surface area contributed by atoms with E-state index in [1.54, 1.807) is 0 Å². The molecule has 0 radical (unpaired) electrons. The van der Waals surface area contributed by atoms with Gasteiger partial charge >= 0.3 is 0 Å². The number of ether oxygens (including phenoxy) is 2. The van der Waals surface area contributed by atoms with E-state index in [1.165, 1.54) is 5.56 Å². The Bertz CT molecular complexity index is 369. The summed E-state index contributed by atoms with van der Waals surface area (Å²) in [7, 11) is 0. The molecule has 1 aromatic carbocycles. The summed E-state index contributed by atoms with van der Waals surface area (Å²) in [5.74, 6) is 1.70. The molecular formula is C13H19NO2. The molecule has 1 aliphatic rings. The minimum atomic E-state index is 0.316. The van der Waals surface area contributed by atoms with Gasteiger partial charge in [-0.2, -0.15) is 0 Å². The van der Waals surface area contributed by atoms with Gasteiger partial charge in [0.05, 0.1) is 0 Å². The van der Waals surface area contributed by atoms with Gasteiger partial charge in [0.2, 0.25) is 6.79 Å². The van der Waals surface area contributed by atoms with Crippen molar-refractivity contribution < 1.29 is 9.47 Å². The first kappa shape index (κ1) is 11.3. The maximum absolute atomic E-state index is 5.34. The van der Waals surface area contributed by atoms with E-state index in [0.717, 1.165) is 24.6 Å². The Morgan fingerprint density at radius 2 is 1.94 bits per heavy atom. The molecule has 0 aliphatic carbocycles. The number of hydrogen-bond acceptors (Lipinski definition) is 3. The highest BCUT2D eigenvalue weighted by Crippen LogP contribution is 2.32. The van der Waals surface area contributed by atoms with Gasteiger partial charge in [-0.05, 0) is 23.1 Å². The third-order valence-electron chi connectivity index (χ3n) is 2.42. The Labute approximate surface area is 96.8 Å². The van der Waals surface area contributed by atoms with Gasteiger partial charge in [0.15, 0.2) is 11.5 Å². The van der Waals surface area contributed by atoms with Crippen molar-refractivity contribution in [3.63, 3.8) is 0 Å². The van der Waals surface area contributed by atoms with Gasteiger partial charge < -0.3 is 14.8 Å². The molecule has 1 N–H and O–H groups in total. The lowest BCUT2D eigenvalue weighted by Gasteiger charge is -2.18. The smallest absolute Gasteiger partial charge is 0.231 e. The maximum Gasteiger partial charge on any atom is 0.231 e. The van der Waals surface area contributed by atoms with Crippen molar-refractivity contribution in [2.24, 2.45) is 5.41 Å². The van der Waals surface area contributed by atoms with Crippen molar-refractivity contribution in [1.82, 2.24) is 5.32 Å². The van der Waals surface area contributed by atoms with Crippen LogP contribution in [-0.2, 0) is 6.54 Å². The summed E-state index contributed by atoms with van der Waals surface area (Å²) >= 11 is 0. The summed E-state index contributed by atoms with van der Waals surface area (Å²) < 4.78 is 10.6. The first-order valence-electron chi connectivity index (χ1n) is 5.64. The van der Waals surface area contributed by atoms with E-state index >= 15 is 0 Å². The van der Waals surface area contributed by atoms with Crippen LogP contribution in [0.15, 0.2) is 18.2 Å². The van der Waals surface area contributed by atoms with Gasteiger partial charge in [0.25, 0.3) is 0 Å². The molecule has 0 saturated carbocycles. The fraction of sp³-hybridized carbons (Fsp3) is 0.538. The van der Waals surface area contributed by atoms with Gasteiger partial charge in [-0.15, -0.1) is 0 Å². The van der Waals surface area contributed by atoms with Crippen LogP contribution in [0.1, 0.15) is 26.3 Å². The third-order valence-corrected chi connectivity index (χ3v) is 2.42. The number of hydrogen-bond donors (Lipinski definition) is 1. The van der Waals surface area contributed by atoms with Crippen molar-refractivity contribution in [3.05, 3.63) is 23.8 Å². The predicted molar refractivity (Wildman–Crippen MR) is 63.7 cm³/mol. The molecule has 0 amide bonds. The van der Waals surface area contributed by atoms with Crippen LogP contribution in [-0.4, -0.2) is 13.3 Å². The van der Waals surface area contributed by atoms with Crippen LogP contribution in [0, 0.1) is 5.41 Å². The zero-order valence-electron chi connectivity index (χ0n) is 10.2. The zero-order valence-corrected chi connectivity index (χ0v) is 10.2. The molecule has 16 heavy (non-hydrogen) atoms. The van der Waals surface area contributed by atoms with E-state index in [-0.39, 0.29) is 0 Å². The molecule has 88 valence electrons. The normalized spacial score (nSPS) is 14.2. The van der Waals surface area contributed by atoms with Gasteiger partial charge in [0.1, 0.15) is 0 Å². The average molecular weight is 221 g/mol. The van der Waals surface area contributed by atoms with E-state index in [1.807, 2.05) is 12.1 Å². The van der Waals surface area contributed by atoms with Crippen LogP contribution >= 0.6 is 0 Å². The van der Waals surface area contributed by atoms with Crippen molar-refractivity contribution in [2.75, 3.05) is 13.3 Å². The molecule has 3 nitrogen and oxygen atoms in total. The molecule has 0 aromatic heterocycles. The Hall–Kier alpha value is -1.22. The quantitative estimate of drug-likeness (QED) is 0.851. The highest BCUT2D eigenvalue weighted by molar-refractivity contribution is 5.44. The minimum absolute atomic E-state index is 0.316. The van der Waals surface area contributed by atoms with E-state index in [4.69, 9.17) is 9.47 Å². The van der Waals surface area contributed by atoms with Crippen LogP contribution in [0.5, 0.6) is 11.5 Å². The zero-order chi connectivity index (χ0) is 11.6. The molecule has 0 saturated heterocycles. The van der Waals surface area contributed by atoms with Gasteiger partial charge in [-0.3, -0.25) is 0 Å². The van der Waals surface area contributed by atoms with E-state index < -0.39 is 0 Å². The van der Waals surface area contributed by atoms with Crippen molar-refractivity contribution in [1.29, 1.82) is 0 Å². The lowest BCUT2D eigenvalue weighted by Crippen LogP contribution is -2.26. The van der Waals surface area contributed by atoms with E-state index in [9.17, 15) is 0 Å². The highest BCUT2D eigenvalue weighted by Gasteiger charge is 2.13. The second kappa shape index (κ2) is 4.34. The van der Waals surface area contributed by atoms with E-state index in [0.29, 0.717) is 12.2 Å². The number of fused-ring (bicyclic) bond motifs is 1. The molecule has 1 aromatic rings. The Kier molecular flexibility index (Phi) is 3.06. The topological polar surface area (TPSA) is 30.5 Å². The lowest BCUT2D eigenvalue weighted by molar-refractivity contribution is 0.174. The van der Waals surface area contributed by atoms with Crippen LogP contribution in [0.3, 0.4) is 0 Å². The molecule has 3 heteroatoms. The van der Waals surface area contributed by atoms with Gasteiger partial charge in [-0.25, -0.2) is 0 Å². The molecule has 0 fully saturated rings. The maximum atomic E-state index is 5.34. The molecular weight excluding hydrogens is 202 g/mol. The number of nitrogens with one attached hydrogen (secondary N) is 1. The molecule has 1 heterocycles. The molecule has 0 bridgehead atoms. The summed E-state index contributed by atoms with van der Waals surface area (Å²) in [5.41, 5.74) is 1.55. The summed E-state index contributed by atoms with van der Waals surface area (Å²) in [6.07, 6.45) is 0. The molecule has 0 atom stereocenters. The SMILES string of the molecule is CC(C)(C)CNCc1ccc2c(c1)OCO2. The minimum Gasteiger partial charge on any atom is -0.454 e. The summed E-state index contributed by atoms with van der Waals surface area (Å²) in [6.45, 7) is 8.88. The largest absolute Gasteiger partial charge is 0.454 e. The highest BCUT2D eigenvalue weighted by atomic mass is 16.7. The van der Waals surface area contributed by atoms with Crippen molar-refractivity contribution >= 4 is 0 Å². The Morgan fingerprint density at radius 3 is 2.69 bits per heavy atom. The van der Waals surface area contributed by atoms with E-state index in [2.05, 4.69) is 32.2 Å². The Balaban J connectivity index is 1.91. The Morgan fingerprint density at radius 1 is 1.19 bits per heavy atom. The summed E-state index contributed by atoms with van der Waals surface area (Å²) in [6, 6.07) is 6.08. The summed E-state index contributed by atoms with van der Waals surface area (Å²) in [4.78, 5) is 0. The van der Waals surface area contributed by atoms with Crippen molar-refractivity contribution in [2.45, 2.75) is 27.3 Å². The van der Waals surface area contributed by atoms with Gasteiger partial charge in [-0.1, -0.05) is 26.8 Å². The third kappa shape index (κ3) is 2.89. The fourth-order valence-electron chi connectivity index (χ4n) is 1.63. The van der Waals surface area contributed by atoms with Gasteiger partial charge in [0, 0.05) is 13.1 Å². The lowest BCUT2D eigenvalue weighted by atomic mass is 9.97. The average Bonchev–Trinajstić information content (AvgIpc) is 2.62. The van der Waals surface area contributed by atoms with Crippen molar-refractivity contribution in [3.8, 4) is 11.5 Å². The standard InChI is InChI=1S/C13H19NO2/c1-13(2,3)8-14-7-10-4-5-11-12(6-10)16-9-15-11/h4-6,14H,7-9H2,1-3H3. The second-order valence-corrected chi connectivity index (χ2v) is 5.35. The second-order valence-electron chi connectivity index (χ2n) is 5.35. The summed E-state index contributed by atoms with van der Waals surface area (Å²) in [5, 5.41) is 3.44. The monoisotopic (exact) mass is 221 g/mol. The molecule has 2 rings (SSSR count). The number of rotatable bonds is 3. The van der Waals surface area contributed by atoms with Crippen LogP contribution in [0.2, 0.25) is 0 Å². The van der Waals surface area contributed by atoms with Crippen LogP contribution in [0.25, 0.3) is 0 Å². The fourth-order valence-corrected chi connectivity index (χ4v) is 1.63. The van der Waals surface area contributed by atoms with Crippen LogP contribution < -0.4 is 14.8 Å².